The standard InChI is InChI=1S/C14H9N3O/c18-9-3-4-10-12(8-9)17-7-6-16-14(17)11-2-1-5-15-13(10)11/h1-2,4-8H,3H2. The summed E-state index contributed by atoms with van der Waals surface area (Å²) in [5.74, 6) is 0.118. The number of Topliss-reactive ketones (excluding diaryl/α,β-unsaturated/α-hetero) is 1. The number of ketones is 1. The van der Waals surface area contributed by atoms with Gasteiger partial charge in [-0.3, -0.25) is 14.2 Å². The minimum Gasteiger partial charge on any atom is -0.299 e. The highest BCUT2D eigenvalue weighted by atomic mass is 16.1. The largest absolute Gasteiger partial charge is 0.299 e. The van der Waals surface area contributed by atoms with E-state index in [1.54, 1.807) is 18.5 Å². The van der Waals surface area contributed by atoms with Crippen molar-refractivity contribution in [1.29, 1.82) is 0 Å². The lowest BCUT2D eigenvalue weighted by Gasteiger charge is -2.06. The van der Waals surface area contributed by atoms with E-state index in [1.807, 2.05) is 28.8 Å². The van der Waals surface area contributed by atoms with Crippen LogP contribution in [0.5, 0.6) is 0 Å². The van der Waals surface area contributed by atoms with E-state index in [4.69, 9.17) is 0 Å². The molecule has 1 aliphatic carbocycles. The third-order valence-electron chi connectivity index (χ3n) is 3.29. The van der Waals surface area contributed by atoms with E-state index in [0.29, 0.717) is 6.42 Å². The minimum atomic E-state index is 0.118. The Kier molecular flexibility index (Phi) is 1.73. The fraction of sp³-hybridized carbons (Fsp3) is 0.0714. The van der Waals surface area contributed by atoms with Gasteiger partial charge in [0.1, 0.15) is 5.65 Å². The third kappa shape index (κ3) is 1.12. The number of fused-ring (bicyclic) bond motifs is 6. The number of hydrogen-bond acceptors (Lipinski definition) is 3. The molecule has 86 valence electrons. The fourth-order valence-corrected chi connectivity index (χ4v) is 2.51. The number of aromatic nitrogens is 3. The first-order valence-electron chi connectivity index (χ1n) is 5.79. The minimum absolute atomic E-state index is 0.118. The normalized spacial score (nSPS) is 14.3. The van der Waals surface area contributed by atoms with Crippen molar-refractivity contribution in [2.75, 3.05) is 0 Å². The van der Waals surface area contributed by atoms with Crippen molar-refractivity contribution in [3.8, 4) is 0 Å². The molecule has 3 aromatic heterocycles. The molecule has 0 fully saturated rings. The van der Waals surface area contributed by atoms with Gasteiger partial charge in [-0.25, -0.2) is 4.98 Å². The van der Waals surface area contributed by atoms with Gasteiger partial charge in [-0.2, -0.15) is 0 Å². The van der Waals surface area contributed by atoms with Gasteiger partial charge in [-0.15, -0.1) is 0 Å². The van der Waals surface area contributed by atoms with Crippen LogP contribution in [-0.4, -0.2) is 20.2 Å². The number of imidazole rings is 1. The maximum absolute atomic E-state index is 11.6. The quantitative estimate of drug-likeness (QED) is 0.567. The lowest BCUT2D eigenvalue weighted by molar-refractivity contribution is -0.112. The van der Waals surface area contributed by atoms with Gasteiger partial charge in [0.15, 0.2) is 5.78 Å². The van der Waals surface area contributed by atoms with Gasteiger partial charge in [0.25, 0.3) is 0 Å². The van der Waals surface area contributed by atoms with E-state index in [1.165, 1.54) is 0 Å². The first kappa shape index (κ1) is 9.53. The summed E-state index contributed by atoms with van der Waals surface area (Å²) in [5, 5.41) is 2.92. The Hall–Kier alpha value is -2.49. The summed E-state index contributed by atoms with van der Waals surface area (Å²) in [6, 6.07) is 3.91. The molecule has 4 rings (SSSR count). The molecule has 0 aromatic carbocycles. The summed E-state index contributed by atoms with van der Waals surface area (Å²) < 4.78 is 1.95. The van der Waals surface area contributed by atoms with Crippen molar-refractivity contribution < 1.29 is 4.79 Å². The zero-order valence-electron chi connectivity index (χ0n) is 9.50. The summed E-state index contributed by atoms with van der Waals surface area (Å²) in [4.78, 5) is 20.4. The van der Waals surface area contributed by atoms with Crippen LogP contribution in [0.3, 0.4) is 0 Å². The number of carbonyl (C=O) groups excluding carboxylic acids is 1. The molecule has 0 unspecified atom stereocenters. The van der Waals surface area contributed by atoms with Crippen molar-refractivity contribution in [3.05, 3.63) is 41.3 Å². The highest BCUT2D eigenvalue weighted by molar-refractivity contribution is 6.10. The van der Waals surface area contributed by atoms with Crippen molar-refractivity contribution in [2.45, 2.75) is 6.42 Å². The molecule has 18 heavy (non-hydrogen) atoms. The topological polar surface area (TPSA) is 47.3 Å². The van der Waals surface area contributed by atoms with E-state index in [9.17, 15) is 4.79 Å². The van der Waals surface area contributed by atoms with Crippen LogP contribution in [0.15, 0.2) is 30.7 Å². The SMILES string of the molecule is O=C1C=c2c(c3ncccc3c3nccn23)=CC1. The zero-order chi connectivity index (χ0) is 12.1. The Morgan fingerprint density at radius 2 is 2.17 bits per heavy atom. The van der Waals surface area contributed by atoms with Crippen molar-refractivity contribution in [1.82, 2.24) is 14.4 Å². The van der Waals surface area contributed by atoms with E-state index in [2.05, 4.69) is 9.97 Å². The molecule has 0 radical (unpaired) electrons. The molecular formula is C14H9N3O. The van der Waals surface area contributed by atoms with Gasteiger partial charge in [0, 0.05) is 41.7 Å². The predicted molar refractivity (Wildman–Crippen MR) is 68.3 cm³/mol. The lowest BCUT2D eigenvalue weighted by atomic mass is 10.1. The first-order valence-corrected chi connectivity index (χ1v) is 5.79. The Morgan fingerprint density at radius 1 is 1.22 bits per heavy atom. The number of carbonyl (C=O) groups is 1. The molecule has 0 N–H and O–H groups in total. The summed E-state index contributed by atoms with van der Waals surface area (Å²) in [7, 11) is 0. The molecule has 4 nitrogen and oxygen atoms in total. The van der Waals surface area contributed by atoms with Crippen molar-refractivity contribution >= 4 is 34.5 Å². The van der Waals surface area contributed by atoms with Gasteiger partial charge < -0.3 is 0 Å². The molecular weight excluding hydrogens is 226 g/mol. The average Bonchev–Trinajstić information content (AvgIpc) is 2.88. The summed E-state index contributed by atoms with van der Waals surface area (Å²) in [6.45, 7) is 0. The molecule has 0 saturated carbocycles. The average molecular weight is 235 g/mol. The number of pyridine rings is 2. The maximum atomic E-state index is 11.6. The van der Waals surface area contributed by atoms with Crippen molar-refractivity contribution in [2.24, 2.45) is 0 Å². The number of rotatable bonds is 0. The molecule has 3 aromatic rings. The van der Waals surface area contributed by atoms with E-state index >= 15 is 0 Å². The van der Waals surface area contributed by atoms with Crippen LogP contribution < -0.4 is 10.6 Å². The smallest absolute Gasteiger partial charge is 0.161 e. The molecule has 0 bridgehead atoms. The first-order chi connectivity index (χ1) is 8.84. The zero-order valence-corrected chi connectivity index (χ0v) is 9.50. The molecule has 0 aliphatic heterocycles. The monoisotopic (exact) mass is 235 g/mol. The van der Waals surface area contributed by atoms with Crippen LogP contribution in [0.25, 0.3) is 28.7 Å². The van der Waals surface area contributed by atoms with Crippen LogP contribution >= 0.6 is 0 Å². The second-order valence-corrected chi connectivity index (χ2v) is 4.34. The molecule has 0 spiro atoms. The molecule has 0 atom stereocenters. The molecule has 0 saturated heterocycles. The Bertz CT molecular complexity index is 921. The van der Waals surface area contributed by atoms with E-state index < -0.39 is 0 Å². The summed E-state index contributed by atoms with van der Waals surface area (Å²) in [5.41, 5.74) is 1.76. The highest BCUT2D eigenvalue weighted by Crippen LogP contribution is 2.12. The van der Waals surface area contributed by atoms with Crippen LogP contribution in [0.4, 0.5) is 0 Å². The van der Waals surface area contributed by atoms with E-state index in [-0.39, 0.29) is 5.78 Å². The molecule has 0 amide bonds. The van der Waals surface area contributed by atoms with Crippen LogP contribution in [0.2, 0.25) is 0 Å². The van der Waals surface area contributed by atoms with Crippen LogP contribution in [0.1, 0.15) is 6.42 Å². The fourth-order valence-electron chi connectivity index (χ4n) is 2.51. The second-order valence-electron chi connectivity index (χ2n) is 4.34. The van der Waals surface area contributed by atoms with E-state index in [0.717, 1.165) is 27.1 Å². The van der Waals surface area contributed by atoms with Gasteiger partial charge in [0.2, 0.25) is 0 Å². The molecule has 1 aliphatic rings. The molecule has 4 heteroatoms. The van der Waals surface area contributed by atoms with Crippen LogP contribution in [0, 0.1) is 0 Å². The Morgan fingerprint density at radius 3 is 3.11 bits per heavy atom. The van der Waals surface area contributed by atoms with Crippen molar-refractivity contribution in [3.63, 3.8) is 0 Å². The third-order valence-corrected chi connectivity index (χ3v) is 3.29. The maximum Gasteiger partial charge on any atom is 0.161 e. The summed E-state index contributed by atoms with van der Waals surface area (Å²) >= 11 is 0. The second kappa shape index (κ2) is 3.26. The Balaban J connectivity index is 2.45. The summed E-state index contributed by atoms with van der Waals surface area (Å²) in [6.07, 6.45) is 9.47. The Labute approximate surface area is 102 Å². The predicted octanol–water partition coefficient (Wildman–Crippen LogP) is 0.416. The number of hydrogen-bond donors (Lipinski definition) is 0. The number of nitrogens with zero attached hydrogens (tertiary/aromatic N) is 3. The van der Waals surface area contributed by atoms with Gasteiger partial charge in [-0.05, 0) is 12.1 Å². The van der Waals surface area contributed by atoms with Gasteiger partial charge in [0.05, 0.1) is 10.9 Å². The van der Waals surface area contributed by atoms with Crippen LogP contribution in [-0.2, 0) is 4.79 Å². The highest BCUT2D eigenvalue weighted by Gasteiger charge is 2.11. The van der Waals surface area contributed by atoms with Gasteiger partial charge in [-0.1, -0.05) is 6.08 Å². The lowest BCUT2D eigenvalue weighted by Crippen LogP contribution is -2.36. The van der Waals surface area contributed by atoms with Gasteiger partial charge >= 0.3 is 0 Å². The molecule has 3 heterocycles.